The summed E-state index contributed by atoms with van der Waals surface area (Å²) in [6, 6.07) is 5.73. The predicted octanol–water partition coefficient (Wildman–Crippen LogP) is 1.71. The summed E-state index contributed by atoms with van der Waals surface area (Å²) < 4.78 is 10.5. The van der Waals surface area contributed by atoms with Crippen molar-refractivity contribution in [2.24, 2.45) is 0 Å². The molecule has 16 heavy (non-hydrogen) atoms. The second kappa shape index (κ2) is 6.89. The van der Waals surface area contributed by atoms with Gasteiger partial charge >= 0.3 is 0 Å². The van der Waals surface area contributed by atoms with E-state index < -0.39 is 0 Å². The van der Waals surface area contributed by atoms with Gasteiger partial charge < -0.3 is 14.6 Å². The number of aliphatic hydroxyl groups excluding tert-OH is 1. The van der Waals surface area contributed by atoms with Gasteiger partial charge in [0.15, 0.2) is 6.79 Å². The van der Waals surface area contributed by atoms with Crippen molar-refractivity contribution in [1.29, 1.82) is 0 Å². The van der Waals surface area contributed by atoms with Crippen LogP contribution >= 0.6 is 0 Å². The average molecular weight is 220 g/mol. The van der Waals surface area contributed by atoms with E-state index >= 15 is 0 Å². The third kappa shape index (κ3) is 3.93. The largest absolute Gasteiger partial charge is 0.466 e. The zero-order valence-electron chi connectivity index (χ0n) is 9.62. The summed E-state index contributed by atoms with van der Waals surface area (Å²) >= 11 is 0. The van der Waals surface area contributed by atoms with E-state index in [0.717, 1.165) is 11.1 Å². The average Bonchev–Trinajstić information content (AvgIpc) is 2.29. The Balaban J connectivity index is 2.80. The van der Waals surface area contributed by atoms with Crippen LogP contribution in [-0.2, 0) is 4.74 Å². The smallest absolute Gasteiger partial charge is 0.189 e. The van der Waals surface area contributed by atoms with E-state index in [-0.39, 0.29) is 13.4 Å². The van der Waals surface area contributed by atoms with Gasteiger partial charge in [-0.25, -0.2) is 0 Å². The van der Waals surface area contributed by atoms with Crippen LogP contribution in [0, 0.1) is 18.8 Å². The number of ether oxygens (including phenoxy) is 2. The zero-order chi connectivity index (χ0) is 11.8. The Kier molecular flexibility index (Phi) is 5.41. The molecular formula is C13H16O3. The van der Waals surface area contributed by atoms with Crippen LogP contribution in [0.4, 0.5) is 0 Å². The quantitative estimate of drug-likeness (QED) is 0.477. The lowest BCUT2D eigenvalue weighted by atomic mass is 10.1. The number of rotatable bonds is 4. The Labute approximate surface area is 96.0 Å². The van der Waals surface area contributed by atoms with Crippen molar-refractivity contribution in [3.63, 3.8) is 0 Å². The van der Waals surface area contributed by atoms with Crippen molar-refractivity contribution >= 4 is 0 Å². The normalized spacial score (nSPS) is 9.44. The molecule has 3 nitrogen and oxygen atoms in total. The molecule has 1 N–H and O–H groups in total. The molecule has 0 aliphatic rings. The third-order valence-corrected chi connectivity index (χ3v) is 1.94. The Morgan fingerprint density at radius 1 is 1.38 bits per heavy atom. The van der Waals surface area contributed by atoms with Gasteiger partial charge in [-0.15, -0.1) is 0 Å². The summed E-state index contributed by atoms with van der Waals surface area (Å²) in [4.78, 5) is 0. The molecule has 0 spiro atoms. The van der Waals surface area contributed by atoms with Gasteiger partial charge in [0.1, 0.15) is 12.4 Å². The van der Waals surface area contributed by atoms with Crippen molar-refractivity contribution in [3.05, 3.63) is 29.3 Å². The van der Waals surface area contributed by atoms with Gasteiger partial charge in [0.25, 0.3) is 0 Å². The van der Waals surface area contributed by atoms with Gasteiger partial charge in [-0.05, 0) is 31.5 Å². The van der Waals surface area contributed by atoms with Crippen LogP contribution in [0.15, 0.2) is 18.2 Å². The minimum atomic E-state index is -0.154. The minimum absolute atomic E-state index is 0.154. The molecule has 0 radical (unpaired) electrons. The van der Waals surface area contributed by atoms with E-state index in [1.165, 1.54) is 0 Å². The van der Waals surface area contributed by atoms with Gasteiger partial charge in [0, 0.05) is 6.61 Å². The molecule has 3 heteroatoms. The van der Waals surface area contributed by atoms with Crippen LogP contribution in [0.3, 0.4) is 0 Å². The topological polar surface area (TPSA) is 38.7 Å². The molecule has 0 aromatic heterocycles. The standard InChI is InChI=1S/C13H16O3/c1-3-15-10-16-13-7-6-11(2)9-12(13)5-4-8-14/h6-7,9,14H,3,8,10H2,1-2H3. The monoisotopic (exact) mass is 220 g/mol. The number of aryl methyl sites for hydroxylation is 1. The van der Waals surface area contributed by atoms with E-state index in [9.17, 15) is 0 Å². The van der Waals surface area contributed by atoms with Crippen molar-refractivity contribution in [2.45, 2.75) is 13.8 Å². The fraction of sp³-hybridized carbons (Fsp3) is 0.385. The number of hydrogen-bond acceptors (Lipinski definition) is 3. The molecule has 0 bridgehead atoms. The van der Waals surface area contributed by atoms with E-state index in [0.29, 0.717) is 12.4 Å². The van der Waals surface area contributed by atoms with E-state index in [1.807, 2.05) is 32.0 Å². The fourth-order valence-electron chi connectivity index (χ4n) is 1.19. The highest BCUT2D eigenvalue weighted by atomic mass is 16.7. The van der Waals surface area contributed by atoms with Crippen LogP contribution < -0.4 is 4.74 Å². The molecule has 0 fully saturated rings. The minimum Gasteiger partial charge on any atom is -0.466 e. The molecule has 0 atom stereocenters. The van der Waals surface area contributed by atoms with Crippen molar-refractivity contribution in [2.75, 3.05) is 20.0 Å². The van der Waals surface area contributed by atoms with Crippen LogP contribution in [0.2, 0.25) is 0 Å². The number of hydrogen-bond donors (Lipinski definition) is 1. The lowest BCUT2D eigenvalue weighted by Crippen LogP contribution is -2.03. The van der Waals surface area contributed by atoms with Crippen LogP contribution in [0.1, 0.15) is 18.1 Å². The molecule has 0 saturated heterocycles. The fourth-order valence-corrected chi connectivity index (χ4v) is 1.19. The molecule has 86 valence electrons. The maximum absolute atomic E-state index is 8.66. The Morgan fingerprint density at radius 2 is 2.19 bits per heavy atom. The molecule has 0 aliphatic heterocycles. The summed E-state index contributed by atoms with van der Waals surface area (Å²) in [6.45, 7) is 4.57. The summed E-state index contributed by atoms with van der Waals surface area (Å²) in [5, 5.41) is 8.66. The SMILES string of the molecule is CCOCOc1ccc(C)cc1C#CCO. The van der Waals surface area contributed by atoms with Gasteiger partial charge in [-0.1, -0.05) is 17.9 Å². The van der Waals surface area contributed by atoms with Crippen molar-refractivity contribution < 1.29 is 14.6 Å². The highest BCUT2D eigenvalue weighted by Gasteiger charge is 2.01. The number of aliphatic hydroxyl groups is 1. The highest BCUT2D eigenvalue weighted by Crippen LogP contribution is 2.18. The Bertz CT molecular complexity index is 388. The molecule has 1 aromatic rings. The second-order valence-corrected chi connectivity index (χ2v) is 3.21. The zero-order valence-corrected chi connectivity index (χ0v) is 9.62. The van der Waals surface area contributed by atoms with E-state index in [1.54, 1.807) is 0 Å². The second-order valence-electron chi connectivity index (χ2n) is 3.21. The summed E-state index contributed by atoms with van der Waals surface area (Å²) in [5.74, 6) is 6.14. The lowest BCUT2D eigenvalue weighted by Gasteiger charge is -2.08. The van der Waals surface area contributed by atoms with E-state index in [2.05, 4.69) is 11.8 Å². The summed E-state index contributed by atoms with van der Waals surface area (Å²) in [5.41, 5.74) is 1.87. The highest BCUT2D eigenvalue weighted by molar-refractivity contribution is 5.48. The molecule has 0 unspecified atom stereocenters. The van der Waals surface area contributed by atoms with Gasteiger partial charge in [0.2, 0.25) is 0 Å². The third-order valence-electron chi connectivity index (χ3n) is 1.94. The number of benzene rings is 1. The molecule has 1 rings (SSSR count). The first kappa shape index (κ1) is 12.6. The van der Waals surface area contributed by atoms with Crippen LogP contribution in [0.25, 0.3) is 0 Å². The van der Waals surface area contributed by atoms with E-state index in [4.69, 9.17) is 14.6 Å². The Morgan fingerprint density at radius 3 is 2.88 bits per heavy atom. The first-order chi connectivity index (χ1) is 7.77. The maximum atomic E-state index is 8.66. The summed E-state index contributed by atoms with van der Waals surface area (Å²) in [7, 11) is 0. The first-order valence-corrected chi connectivity index (χ1v) is 5.19. The van der Waals surface area contributed by atoms with Gasteiger partial charge in [0.05, 0.1) is 5.56 Å². The molecular weight excluding hydrogens is 204 g/mol. The van der Waals surface area contributed by atoms with Crippen LogP contribution in [0.5, 0.6) is 5.75 Å². The molecule has 0 saturated carbocycles. The lowest BCUT2D eigenvalue weighted by molar-refractivity contribution is 0.0222. The molecule has 1 aromatic carbocycles. The van der Waals surface area contributed by atoms with Crippen molar-refractivity contribution in [1.82, 2.24) is 0 Å². The van der Waals surface area contributed by atoms with Crippen molar-refractivity contribution in [3.8, 4) is 17.6 Å². The first-order valence-electron chi connectivity index (χ1n) is 5.19. The van der Waals surface area contributed by atoms with Gasteiger partial charge in [-0.2, -0.15) is 0 Å². The maximum Gasteiger partial charge on any atom is 0.189 e. The molecule has 0 heterocycles. The van der Waals surface area contributed by atoms with Gasteiger partial charge in [-0.3, -0.25) is 0 Å². The molecule has 0 aliphatic carbocycles. The predicted molar refractivity (Wildman–Crippen MR) is 62.3 cm³/mol. The Hall–Kier alpha value is -1.50. The summed E-state index contributed by atoms with van der Waals surface area (Å²) in [6.07, 6.45) is 0. The molecule has 0 amide bonds. The van der Waals surface area contributed by atoms with Crippen LogP contribution in [-0.4, -0.2) is 25.1 Å².